The van der Waals surface area contributed by atoms with Crippen molar-refractivity contribution in [1.82, 2.24) is 0 Å². The maximum absolute atomic E-state index is 12.5. The van der Waals surface area contributed by atoms with Crippen molar-refractivity contribution < 1.29 is 9.59 Å². The van der Waals surface area contributed by atoms with Gasteiger partial charge in [0.1, 0.15) is 0 Å². The molecule has 3 aromatic carbocycles. The summed E-state index contributed by atoms with van der Waals surface area (Å²) in [7, 11) is 0. The lowest BCUT2D eigenvalue weighted by Gasteiger charge is -2.08. The lowest BCUT2D eigenvalue weighted by Crippen LogP contribution is -2.12. The predicted octanol–water partition coefficient (Wildman–Crippen LogP) is 4.29. The maximum Gasteiger partial charge on any atom is 0.256 e. The number of nitrogens with one attached hydrogen (secondary N) is 1. The van der Waals surface area contributed by atoms with Crippen LogP contribution in [0.5, 0.6) is 0 Å². The van der Waals surface area contributed by atoms with Crippen LogP contribution >= 0.6 is 0 Å². The summed E-state index contributed by atoms with van der Waals surface area (Å²) in [6, 6.07) is 20.3. The van der Waals surface area contributed by atoms with E-state index in [1.54, 1.807) is 24.3 Å². The first-order valence-electron chi connectivity index (χ1n) is 7.05. The number of ketones is 1. The van der Waals surface area contributed by atoms with Gasteiger partial charge in [-0.05, 0) is 48.0 Å². The third-order valence-electron chi connectivity index (χ3n) is 3.58. The van der Waals surface area contributed by atoms with Crippen LogP contribution in [0.2, 0.25) is 0 Å². The van der Waals surface area contributed by atoms with Gasteiger partial charge in [-0.1, -0.05) is 36.4 Å². The number of carbonyl (C=O) groups excluding carboxylic acids is 2. The van der Waals surface area contributed by atoms with Crippen LogP contribution in [-0.4, -0.2) is 11.7 Å². The summed E-state index contributed by atoms with van der Waals surface area (Å²) >= 11 is 0. The van der Waals surface area contributed by atoms with Crippen molar-refractivity contribution in [3.05, 3.63) is 77.9 Å². The second-order valence-corrected chi connectivity index (χ2v) is 5.11. The van der Waals surface area contributed by atoms with Crippen LogP contribution in [0.25, 0.3) is 10.8 Å². The van der Waals surface area contributed by atoms with Crippen molar-refractivity contribution in [3.8, 4) is 0 Å². The Balaban J connectivity index is 1.89. The molecule has 0 aromatic heterocycles. The van der Waals surface area contributed by atoms with Crippen molar-refractivity contribution in [1.29, 1.82) is 0 Å². The Labute approximate surface area is 128 Å². The number of fused-ring (bicyclic) bond motifs is 1. The summed E-state index contributed by atoms with van der Waals surface area (Å²) in [5.41, 5.74) is 1.93. The second kappa shape index (κ2) is 5.82. The van der Waals surface area contributed by atoms with E-state index in [-0.39, 0.29) is 11.7 Å². The lowest BCUT2D eigenvalue weighted by molar-refractivity contribution is 0.101. The number of rotatable bonds is 3. The zero-order chi connectivity index (χ0) is 15.5. The van der Waals surface area contributed by atoms with Crippen molar-refractivity contribution in [2.45, 2.75) is 6.92 Å². The maximum atomic E-state index is 12.5. The van der Waals surface area contributed by atoms with Crippen molar-refractivity contribution >= 4 is 28.2 Å². The Hall–Kier alpha value is -2.94. The topological polar surface area (TPSA) is 46.2 Å². The summed E-state index contributed by atoms with van der Waals surface area (Å²) in [5, 5.41) is 4.82. The molecule has 3 heteroatoms. The van der Waals surface area contributed by atoms with E-state index in [0.29, 0.717) is 16.8 Å². The number of hydrogen-bond acceptors (Lipinski definition) is 2. The number of anilines is 1. The third-order valence-corrected chi connectivity index (χ3v) is 3.58. The molecule has 3 aromatic rings. The van der Waals surface area contributed by atoms with Crippen LogP contribution < -0.4 is 5.32 Å². The van der Waals surface area contributed by atoms with Gasteiger partial charge in [-0.2, -0.15) is 0 Å². The van der Waals surface area contributed by atoms with E-state index in [9.17, 15) is 9.59 Å². The highest BCUT2D eigenvalue weighted by Gasteiger charge is 2.10. The molecule has 22 heavy (non-hydrogen) atoms. The molecule has 0 atom stereocenters. The van der Waals surface area contributed by atoms with Gasteiger partial charge in [0.2, 0.25) is 0 Å². The number of Topliss-reactive ketones (excluding diaryl/α,β-unsaturated/α-hetero) is 1. The van der Waals surface area contributed by atoms with Gasteiger partial charge < -0.3 is 5.32 Å². The van der Waals surface area contributed by atoms with Crippen LogP contribution in [0.1, 0.15) is 27.6 Å². The first kappa shape index (κ1) is 14.0. The molecule has 1 amide bonds. The van der Waals surface area contributed by atoms with Gasteiger partial charge >= 0.3 is 0 Å². The molecule has 0 fully saturated rings. The normalized spacial score (nSPS) is 10.4. The first-order chi connectivity index (χ1) is 10.6. The number of amides is 1. The van der Waals surface area contributed by atoms with E-state index in [0.717, 1.165) is 10.8 Å². The second-order valence-electron chi connectivity index (χ2n) is 5.11. The van der Waals surface area contributed by atoms with Crippen LogP contribution in [0.15, 0.2) is 66.7 Å². The van der Waals surface area contributed by atoms with Gasteiger partial charge in [0.05, 0.1) is 0 Å². The van der Waals surface area contributed by atoms with Crippen LogP contribution in [0.3, 0.4) is 0 Å². The average Bonchev–Trinajstić information content (AvgIpc) is 2.54. The monoisotopic (exact) mass is 289 g/mol. The summed E-state index contributed by atoms with van der Waals surface area (Å²) in [6.07, 6.45) is 0. The SMILES string of the molecule is CC(=O)c1ccc(NC(=O)c2cccc3ccccc23)cc1. The summed E-state index contributed by atoms with van der Waals surface area (Å²) < 4.78 is 0. The quantitative estimate of drug-likeness (QED) is 0.731. The fraction of sp³-hybridized carbons (Fsp3) is 0.0526. The minimum absolute atomic E-state index is 0.00642. The van der Waals surface area contributed by atoms with Crippen LogP contribution in [0.4, 0.5) is 5.69 Å². The highest BCUT2D eigenvalue weighted by atomic mass is 16.1. The minimum Gasteiger partial charge on any atom is -0.322 e. The van der Waals surface area contributed by atoms with Gasteiger partial charge in [0.25, 0.3) is 5.91 Å². The van der Waals surface area contributed by atoms with E-state index < -0.39 is 0 Å². The smallest absolute Gasteiger partial charge is 0.256 e. The minimum atomic E-state index is -0.160. The highest BCUT2D eigenvalue weighted by molar-refractivity contribution is 6.13. The fourth-order valence-corrected chi connectivity index (χ4v) is 2.41. The largest absolute Gasteiger partial charge is 0.322 e. The summed E-state index contributed by atoms with van der Waals surface area (Å²) in [4.78, 5) is 23.7. The molecule has 0 heterocycles. The molecule has 0 spiro atoms. The number of carbonyl (C=O) groups is 2. The van der Waals surface area contributed by atoms with Gasteiger partial charge in [-0.15, -0.1) is 0 Å². The van der Waals surface area contributed by atoms with E-state index in [2.05, 4.69) is 5.32 Å². The molecule has 0 saturated carbocycles. The molecule has 3 nitrogen and oxygen atoms in total. The molecular formula is C19H15NO2. The molecular weight excluding hydrogens is 274 g/mol. The average molecular weight is 289 g/mol. The molecule has 0 aliphatic rings. The molecule has 1 N–H and O–H groups in total. The molecule has 0 bridgehead atoms. The molecule has 0 saturated heterocycles. The van der Waals surface area contributed by atoms with E-state index >= 15 is 0 Å². The fourth-order valence-electron chi connectivity index (χ4n) is 2.41. The number of hydrogen-bond donors (Lipinski definition) is 1. The molecule has 0 aliphatic heterocycles. The highest BCUT2D eigenvalue weighted by Crippen LogP contribution is 2.20. The molecule has 3 rings (SSSR count). The number of benzene rings is 3. The lowest BCUT2D eigenvalue weighted by atomic mass is 10.0. The zero-order valence-corrected chi connectivity index (χ0v) is 12.2. The Kier molecular flexibility index (Phi) is 3.71. The van der Waals surface area contributed by atoms with Crippen LogP contribution in [0, 0.1) is 0 Å². The molecule has 108 valence electrons. The first-order valence-corrected chi connectivity index (χ1v) is 7.05. The molecule has 0 unspecified atom stereocenters. The van der Waals surface area contributed by atoms with E-state index in [4.69, 9.17) is 0 Å². The Bertz CT molecular complexity index is 845. The van der Waals surface area contributed by atoms with Crippen molar-refractivity contribution in [2.24, 2.45) is 0 Å². The zero-order valence-electron chi connectivity index (χ0n) is 12.2. The van der Waals surface area contributed by atoms with Gasteiger partial charge in [0.15, 0.2) is 5.78 Å². The van der Waals surface area contributed by atoms with Gasteiger partial charge in [-0.25, -0.2) is 0 Å². The van der Waals surface area contributed by atoms with Gasteiger partial charge in [0, 0.05) is 16.8 Å². The Morgan fingerprint density at radius 3 is 2.23 bits per heavy atom. The predicted molar refractivity (Wildman–Crippen MR) is 88.3 cm³/mol. The van der Waals surface area contributed by atoms with Gasteiger partial charge in [-0.3, -0.25) is 9.59 Å². The Morgan fingerprint density at radius 2 is 1.50 bits per heavy atom. The van der Waals surface area contributed by atoms with Crippen molar-refractivity contribution in [3.63, 3.8) is 0 Å². The summed E-state index contributed by atoms with van der Waals surface area (Å²) in [6.45, 7) is 1.52. The van der Waals surface area contributed by atoms with E-state index in [1.165, 1.54) is 6.92 Å². The molecule has 0 radical (unpaired) electrons. The van der Waals surface area contributed by atoms with E-state index in [1.807, 2.05) is 42.5 Å². The van der Waals surface area contributed by atoms with Crippen molar-refractivity contribution in [2.75, 3.05) is 5.32 Å². The Morgan fingerprint density at radius 1 is 0.818 bits per heavy atom. The summed E-state index contributed by atoms with van der Waals surface area (Å²) in [5.74, 6) is -0.153. The molecule has 0 aliphatic carbocycles. The van der Waals surface area contributed by atoms with Crippen LogP contribution in [-0.2, 0) is 0 Å². The third kappa shape index (κ3) is 2.74. The standard InChI is InChI=1S/C19H15NO2/c1-13(21)14-9-11-16(12-10-14)20-19(22)18-8-4-6-15-5-2-3-7-17(15)18/h2-12H,1H3,(H,20,22).